The van der Waals surface area contributed by atoms with Crippen LogP contribution in [0.25, 0.3) is 0 Å². The molecule has 18 heavy (non-hydrogen) atoms. The fourth-order valence-electron chi connectivity index (χ4n) is 2.96. The molecule has 1 aliphatic carbocycles. The highest BCUT2D eigenvalue weighted by Gasteiger charge is 2.22. The monoisotopic (exact) mass is 265 g/mol. The number of rotatable bonds is 4. The van der Waals surface area contributed by atoms with E-state index in [4.69, 9.17) is 11.6 Å². The lowest BCUT2D eigenvalue weighted by Gasteiger charge is -2.32. The first-order valence-corrected chi connectivity index (χ1v) is 7.53. The minimum atomic E-state index is 0.539. The molecule has 1 aromatic rings. The van der Waals surface area contributed by atoms with Crippen molar-refractivity contribution in [2.75, 3.05) is 0 Å². The van der Waals surface area contributed by atoms with E-state index in [0.717, 1.165) is 17.4 Å². The van der Waals surface area contributed by atoms with Crippen LogP contribution in [0.3, 0.4) is 0 Å². The zero-order valence-corrected chi connectivity index (χ0v) is 12.2. The molecule has 1 aliphatic rings. The highest BCUT2D eigenvalue weighted by atomic mass is 35.5. The van der Waals surface area contributed by atoms with Gasteiger partial charge in [-0.25, -0.2) is 0 Å². The van der Waals surface area contributed by atoms with E-state index in [0.29, 0.717) is 12.1 Å². The Labute approximate surface area is 116 Å². The van der Waals surface area contributed by atoms with Crippen molar-refractivity contribution >= 4 is 11.6 Å². The Kier molecular flexibility index (Phi) is 5.08. The van der Waals surface area contributed by atoms with Gasteiger partial charge < -0.3 is 5.32 Å². The number of nitrogens with one attached hydrogen (secondary N) is 1. The fourth-order valence-corrected chi connectivity index (χ4v) is 3.09. The lowest BCUT2D eigenvalue weighted by Crippen LogP contribution is -2.43. The predicted octanol–water partition coefficient (Wildman–Crippen LogP) is 4.44. The topological polar surface area (TPSA) is 12.0 Å². The summed E-state index contributed by atoms with van der Waals surface area (Å²) in [5, 5.41) is 4.62. The summed E-state index contributed by atoms with van der Waals surface area (Å²) in [7, 11) is 0. The van der Waals surface area contributed by atoms with Gasteiger partial charge in [0, 0.05) is 17.1 Å². The summed E-state index contributed by atoms with van der Waals surface area (Å²) in [6.45, 7) is 4.67. The maximum Gasteiger partial charge on any atom is 0.0406 e. The molecule has 0 saturated heterocycles. The van der Waals surface area contributed by atoms with Gasteiger partial charge in [0.1, 0.15) is 0 Å². The Balaban J connectivity index is 1.84. The van der Waals surface area contributed by atoms with Gasteiger partial charge in [-0.3, -0.25) is 0 Å². The largest absolute Gasteiger partial charge is 0.311 e. The number of halogens is 1. The van der Waals surface area contributed by atoms with Crippen LogP contribution in [-0.2, 0) is 6.42 Å². The van der Waals surface area contributed by atoms with Crippen LogP contribution in [0.2, 0.25) is 5.02 Å². The van der Waals surface area contributed by atoms with Crippen molar-refractivity contribution in [2.24, 2.45) is 5.92 Å². The minimum Gasteiger partial charge on any atom is -0.311 e. The third kappa shape index (κ3) is 4.00. The Morgan fingerprint density at radius 3 is 2.56 bits per heavy atom. The maximum atomic E-state index is 5.91. The van der Waals surface area contributed by atoms with E-state index in [1.165, 1.54) is 31.2 Å². The zero-order valence-electron chi connectivity index (χ0n) is 11.5. The lowest BCUT2D eigenvalue weighted by molar-refractivity contribution is 0.262. The van der Waals surface area contributed by atoms with Gasteiger partial charge in [0.2, 0.25) is 0 Å². The molecule has 1 fully saturated rings. The molecule has 2 heteroatoms. The van der Waals surface area contributed by atoms with E-state index in [9.17, 15) is 0 Å². The molecule has 0 bridgehead atoms. The first kappa shape index (κ1) is 13.9. The first-order chi connectivity index (χ1) is 8.65. The van der Waals surface area contributed by atoms with Gasteiger partial charge in [-0.1, -0.05) is 43.5 Å². The van der Waals surface area contributed by atoms with Crippen LogP contribution >= 0.6 is 11.6 Å². The molecular formula is C16H24ClN. The molecule has 0 spiro atoms. The number of hydrogen-bond donors (Lipinski definition) is 1. The molecule has 1 aromatic carbocycles. The lowest BCUT2D eigenvalue weighted by atomic mass is 9.85. The number of benzene rings is 1. The standard InChI is InChI=1S/C16H24ClN/c1-12-5-3-4-6-16(12)18-13(2)11-14-7-9-15(17)10-8-14/h7-10,12-13,16,18H,3-6,11H2,1-2H3. The summed E-state index contributed by atoms with van der Waals surface area (Å²) in [5.74, 6) is 0.825. The van der Waals surface area contributed by atoms with E-state index in [1.54, 1.807) is 0 Å². The van der Waals surface area contributed by atoms with Gasteiger partial charge in [0.25, 0.3) is 0 Å². The first-order valence-electron chi connectivity index (χ1n) is 7.15. The minimum absolute atomic E-state index is 0.539. The summed E-state index contributed by atoms with van der Waals surface area (Å²) in [6, 6.07) is 9.47. The number of hydrogen-bond acceptors (Lipinski definition) is 1. The van der Waals surface area contributed by atoms with Crippen LogP contribution in [0, 0.1) is 5.92 Å². The van der Waals surface area contributed by atoms with Crippen LogP contribution in [0.4, 0.5) is 0 Å². The average Bonchev–Trinajstić information content (AvgIpc) is 2.35. The molecule has 1 nitrogen and oxygen atoms in total. The van der Waals surface area contributed by atoms with Gasteiger partial charge in [0.05, 0.1) is 0 Å². The van der Waals surface area contributed by atoms with Gasteiger partial charge in [0.15, 0.2) is 0 Å². The third-order valence-corrected chi connectivity index (χ3v) is 4.32. The SMILES string of the molecule is CC(Cc1ccc(Cl)cc1)NC1CCCCC1C. The molecule has 1 N–H and O–H groups in total. The van der Waals surface area contributed by atoms with E-state index in [-0.39, 0.29) is 0 Å². The van der Waals surface area contributed by atoms with Crippen LogP contribution in [0.5, 0.6) is 0 Å². The quantitative estimate of drug-likeness (QED) is 0.849. The predicted molar refractivity (Wildman–Crippen MR) is 79.2 cm³/mol. The van der Waals surface area contributed by atoms with Gasteiger partial charge >= 0.3 is 0 Å². The van der Waals surface area contributed by atoms with Crippen molar-refractivity contribution in [3.05, 3.63) is 34.9 Å². The van der Waals surface area contributed by atoms with Crippen molar-refractivity contribution in [3.8, 4) is 0 Å². The normalized spacial score (nSPS) is 25.9. The van der Waals surface area contributed by atoms with Gasteiger partial charge in [-0.05, 0) is 49.8 Å². The Morgan fingerprint density at radius 2 is 1.89 bits per heavy atom. The average molecular weight is 266 g/mol. The van der Waals surface area contributed by atoms with Crippen molar-refractivity contribution in [1.82, 2.24) is 5.32 Å². The summed E-state index contributed by atoms with van der Waals surface area (Å²) in [6.07, 6.45) is 6.60. The molecule has 0 aromatic heterocycles. The molecular weight excluding hydrogens is 242 g/mol. The second-order valence-electron chi connectivity index (χ2n) is 5.77. The summed E-state index contributed by atoms with van der Waals surface area (Å²) < 4.78 is 0. The van der Waals surface area contributed by atoms with Crippen LogP contribution in [0.15, 0.2) is 24.3 Å². The summed E-state index contributed by atoms with van der Waals surface area (Å²) in [5.41, 5.74) is 1.36. The Morgan fingerprint density at radius 1 is 1.22 bits per heavy atom. The second kappa shape index (κ2) is 6.58. The molecule has 0 amide bonds. The highest BCUT2D eigenvalue weighted by molar-refractivity contribution is 6.30. The second-order valence-corrected chi connectivity index (χ2v) is 6.20. The molecule has 0 heterocycles. The van der Waals surface area contributed by atoms with Crippen molar-refractivity contribution in [2.45, 2.75) is 58.0 Å². The smallest absolute Gasteiger partial charge is 0.0406 e. The molecule has 2 rings (SSSR count). The molecule has 1 saturated carbocycles. The van der Waals surface area contributed by atoms with Crippen molar-refractivity contribution in [1.29, 1.82) is 0 Å². The molecule has 0 radical (unpaired) electrons. The van der Waals surface area contributed by atoms with E-state index >= 15 is 0 Å². The zero-order chi connectivity index (χ0) is 13.0. The third-order valence-electron chi connectivity index (χ3n) is 4.07. The fraction of sp³-hybridized carbons (Fsp3) is 0.625. The van der Waals surface area contributed by atoms with Crippen LogP contribution in [-0.4, -0.2) is 12.1 Å². The van der Waals surface area contributed by atoms with Gasteiger partial charge in [-0.15, -0.1) is 0 Å². The van der Waals surface area contributed by atoms with E-state index in [2.05, 4.69) is 31.3 Å². The van der Waals surface area contributed by atoms with Crippen molar-refractivity contribution < 1.29 is 0 Å². The summed E-state index contributed by atoms with van der Waals surface area (Å²) >= 11 is 5.91. The molecule has 3 unspecified atom stereocenters. The van der Waals surface area contributed by atoms with Crippen LogP contribution in [0.1, 0.15) is 45.1 Å². The molecule has 0 aliphatic heterocycles. The Bertz CT molecular complexity index is 360. The van der Waals surface area contributed by atoms with Crippen LogP contribution < -0.4 is 5.32 Å². The highest BCUT2D eigenvalue weighted by Crippen LogP contribution is 2.24. The van der Waals surface area contributed by atoms with Crippen molar-refractivity contribution in [3.63, 3.8) is 0 Å². The molecule has 100 valence electrons. The van der Waals surface area contributed by atoms with E-state index < -0.39 is 0 Å². The molecule has 3 atom stereocenters. The maximum absolute atomic E-state index is 5.91. The van der Waals surface area contributed by atoms with Gasteiger partial charge in [-0.2, -0.15) is 0 Å². The Hall–Kier alpha value is -0.530. The van der Waals surface area contributed by atoms with E-state index in [1.807, 2.05) is 12.1 Å². The summed E-state index contributed by atoms with van der Waals surface area (Å²) in [4.78, 5) is 0.